The number of ether oxygens (including phenoxy) is 3. The Bertz CT molecular complexity index is 1360. The van der Waals surface area contributed by atoms with Gasteiger partial charge in [-0.15, -0.1) is 0 Å². The number of thiazole rings is 1. The van der Waals surface area contributed by atoms with Crippen molar-refractivity contribution >= 4 is 42.6 Å². The van der Waals surface area contributed by atoms with E-state index in [1.54, 1.807) is 36.3 Å². The van der Waals surface area contributed by atoms with Crippen LogP contribution >= 0.6 is 11.3 Å². The number of fused-ring (bicyclic) bond motifs is 1. The molecule has 1 atom stereocenters. The first-order valence-electron chi connectivity index (χ1n) is 13.0. The van der Waals surface area contributed by atoms with Crippen LogP contribution in [0, 0.1) is 5.92 Å². The van der Waals surface area contributed by atoms with Crippen molar-refractivity contribution in [3.63, 3.8) is 0 Å². The highest BCUT2D eigenvalue weighted by Crippen LogP contribution is 2.36. The number of amides is 1. The van der Waals surface area contributed by atoms with Gasteiger partial charge in [0.25, 0.3) is 0 Å². The second-order valence-corrected chi connectivity index (χ2v) is 12.4. The Labute approximate surface area is 227 Å². The Morgan fingerprint density at radius 3 is 2.58 bits per heavy atom. The first-order chi connectivity index (χ1) is 18.4. The average Bonchev–Trinajstić information content (AvgIpc) is 3.62. The maximum atomic E-state index is 13.9. The summed E-state index contributed by atoms with van der Waals surface area (Å²) in [6.07, 6.45) is 2.74. The van der Waals surface area contributed by atoms with Crippen LogP contribution in [0.2, 0.25) is 0 Å². The van der Waals surface area contributed by atoms with Crippen molar-refractivity contribution in [2.75, 3.05) is 44.9 Å². The van der Waals surface area contributed by atoms with Gasteiger partial charge in [0.05, 0.1) is 36.0 Å². The number of hydrogen-bond donors (Lipinski definition) is 0. The number of benzene rings is 2. The van der Waals surface area contributed by atoms with Gasteiger partial charge in [-0.1, -0.05) is 17.4 Å². The van der Waals surface area contributed by atoms with Crippen molar-refractivity contribution in [2.24, 2.45) is 5.92 Å². The van der Waals surface area contributed by atoms with Crippen LogP contribution in [0.1, 0.15) is 32.6 Å². The molecule has 1 aromatic heterocycles. The topological polar surface area (TPSA) is 98.3 Å². The Kier molecular flexibility index (Phi) is 8.18. The molecule has 0 saturated carbocycles. The Hall–Kier alpha value is -2.73. The predicted molar refractivity (Wildman–Crippen MR) is 147 cm³/mol. The lowest BCUT2D eigenvalue weighted by Gasteiger charge is -2.33. The van der Waals surface area contributed by atoms with E-state index in [-0.39, 0.29) is 35.9 Å². The molecular formula is C27H33N3O6S2. The Morgan fingerprint density at radius 2 is 1.92 bits per heavy atom. The third-order valence-corrected chi connectivity index (χ3v) is 10.0. The van der Waals surface area contributed by atoms with Crippen LogP contribution in [0.15, 0.2) is 47.4 Å². The largest absolute Gasteiger partial charge is 0.497 e. The van der Waals surface area contributed by atoms with E-state index in [9.17, 15) is 13.2 Å². The Balaban J connectivity index is 1.34. The summed E-state index contributed by atoms with van der Waals surface area (Å²) in [5.41, 5.74) is 0.750. The standard InChI is InChI=1S/C27H33N3O6S2/c1-3-35-23-7-4-8-24-25(23)28-27(37-24)30(18-21-6-5-17-36-21)26(31)19-13-15-29(16-14-19)38(32,33)22-11-9-20(34-2)10-12-22/h4,7-12,19,21H,3,5-6,13-18H2,1-2H3. The fourth-order valence-electron chi connectivity index (χ4n) is 5.01. The highest BCUT2D eigenvalue weighted by molar-refractivity contribution is 7.89. The van der Waals surface area contributed by atoms with E-state index in [0.29, 0.717) is 49.2 Å². The molecule has 3 heterocycles. The van der Waals surface area contributed by atoms with E-state index in [2.05, 4.69) is 0 Å². The molecule has 3 aromatic rings. The minimum absolute atomic E-state index is 0.0287. The van der Waals surface area contributed by atoms with Crippen molar-refractivity contribution in [1.29, 1.82) is 0 Å². The quantitative estimate of drug-likeness (QED) is 0.385. The summed E-state index contributed by atoms with van der Waals surface area (Å²) in [6, 6.07) is 12.2. The number of hydrogen-bond acceptors (Lipinski definition) is 8. The lowest BCUT2D eigenvalue weighted by molar-refractivity contribution is -0.123. The van der Waals surface area contributed by atoms with Crippen LogP contribution in [0.25, 0.3) is 10.2 Å². The van der Waals surface area contributed by atoms with Gasteiger partial charge >= 0.3 is 0 Å². The fraction of sp³-hybridized carbons (Fsp3) is 0.481. The highest BCUT2D eigenvalue weighted by atomic mass is 32.2. The molecule has 5 rings (SSSR count). The molecule has 0 bridgehead atoms. The van der Waals surface area contributed by atoms with E-state index in [1.165, 1.54) is 15.6 Å². The minimum Gasteiger partial charge on any atom is -0.497 e. The number of sulfonamides is 1. The number of para-hydroxylation sites is 1. The first kappa shape index (κ1) is 26.9. The second-order valence-electron chi connectivity index (χ2n) is 9.47. The summed E-state index contributed by atoms with van der Waals surface area (Å²) in [7, 11) is -2.10. The number of nitrogens with zero attached hydrogens (tertiary/aromatic N) is 3. The van der Waals surface area contributed by atoms with E-state index < -0.39 is 10.0 Å². The van der Waals surface area contributed by atoms with Crippen molar-refractivity contribution in [2.45, 2.75) is 43.6 Å². The number of carbonyl (C=O) groups is 1. The lowest BCUT2D eigenvalue weighted by Crippen LogP contribution is -2.46. The molecular weight excluding hydrogens is 526 g/mol. The van der Waals surface area contributed by atoms with Gasteiger partial charge in [-0.05, 0) is 69.0 Å². The van der Waals surface area contributed by atoms with Crippen LogP contribution in [0.4, 0.5) is 5.13 Å². The molecule has 0 radical (unpaired) electrons. The molecule has 0 aliphatic carbocycles. The van der Waals surface area contributed by atoms with E-state index in [0.717, 1.165) is 23.1 Å². The van der Waals surface area contributed by atoms with Crippen molar-refractivity contribution < 1.29 is 27.4 Å². The van der Waals surface area contributed by atoms with E-state index in [1.807, 2.05) is 25.1 Å². The van der Waals surface area contributed by atoms with Gasteiger partial charge in [-0.25, -0.2) is 13.4 Å². The molecule has 2 fully saturated rings. The zero-order valence-corrected chi connectivity index (χ0v) is 23.3. The maximum absolute atomic E-state index is 13.9. The number of aromatic nitrogens is 1. The monoisotopic (exact) mass is 559 g/mol. The highest BCUT2D eigenvalue weighted by Gasteiger charge is 2.36. The number of methoxy groups -OCH3 is 1. The molecule has 2 aliphatic rings. The maximum Gasteiger partial charge on any atom is 0.243 e. The summed E-state index contributed by atoms with van der Waals surface area (Å²) in [5.74, 6) is 0.980. The summed E-state index contributed by atoms with van der Waals surface area (Å²) in [4.78, 5) is 20.7. The minimum atomic E-state index is -3.65. The van der Waals surface area contributed by atoms with Gasteiger partial charge in [0.2, 0.25) is 15.9 Å². The molecule has 1 unspecified atom stereocenters. The van der Waals surface area contributed by atoms with E-state index in [4.69, 9.17) is 19.2 Å². The average molecular weight is 560 g/mol. The van der Waals surface area contributed by atoms with Gasteiger partial charge in [0.15, 0.2) is 5.13 Å². The third kappa shape index (κ3) is 5.51. The molecule has 0 N–H and O–H groups in total. The van der Waals surface area contributed by atoms with Gasteiger partial charge in [0, 0.05) is 25.6 Å². The smallest absolute Gasteiger partial charge is 0.243 e. The number of anilines is 1. The van der Waals surface area contributed by atoms with Crippen LogP contribution in [-0.2, 0) is 19.6 Å². The number of piperidine rings is 1. The van der Waals surface area contributed by atoms with Crippen molar-refractivity contribution in [3.05, 3.63) is 42.5 Å². The molecule has 0 spiro atoms. The van der Waals surface area contributed by atoms with Crippen molar-refractivity contribution in [1.82, 2.24) is 9.29 Å². The first-order valence-corrected chi connectivity index (χ1v) is 15.3. The van der Waals surface area contributed by atoms with Crippen LogP contribution in [-0.4, -0.2) is 69.7 Å². The van der Waals surface area contributed by atoms with Crippen LogP contribution in [0.5, 0.6) is 11.5 Å². The molecule has 9 nitrogen and oxygen atoms in total. The van der Waals surface area contributed by atoms with Gasteiger partial charge in [0.1, 0.15) is 17.0 Å². The third-order valence-electron chi connectivity index (χ3n) is 7.08. The van der Waals surface area contributed by atoms with Gasteiger partial charge in [-0.2, -0.15) is 4.31 Å². The van der Waals surface area contributed by atoms with E-state index >= 15 is 0 Å². The SMILES string of the molecule is CCOc1cccc2sc(N(CC3CCCO3)C(=O)C3CCN(S(=O)(=O)c4ccc(OC)cc4)CC3)nc12. The van der Waals surface area contributed by atoms with Crippen LogP contribution in [0.3, 0.4) is 0 Å². The molecule has 204 valence electrons. The molecule has 2 aliphatic heterocycles. The molecule has 1 amide bonds. The number of rotatable bonds is 9. The number of carbonyl (C=O) groups excluding carboxylic acids is 1. The zero-order valence-electron chi connectivity index (χ0n) is 21.7. The summed E-state index contributed by atoms with van der Waals surface area (Å²) >= 11 is 1.47. The summed E-state index contributed by atoms with van der Waals surface area (Å²) in [5, 5.41) is 0.626. The van der Waals surface area contributed by atoms with Gasteiger partial charge in [-0.3, -0.25) is 9.69 Å². The van der Waals surface area contributed by atoms with Crippen LogP contribution < -0.4 is 14.4 Å². The summed E-state index contributed by atoms with van der Waals surface area (Å²) in [6.45, 7) is 4.17. The molecule has 11 heteroatoms. The Morgan fingerprint density at radius 1 is 1.16 bits per heavy atom. The van der Waals surface area contributed by atoms with Gasteiger partial charge < -0.3 is 14.2 Å². The molecule has 2 saturated heterocycles. The second kappa shape index (κ2) is 11.6. The lowest BCUT2D eigenvalue weighted by atomic mass is 9.96. The van der Waals surface area contributed by atoms with Crippen molar-refractivity contribution in [3.8, 4) is 11.5 Å². The normalized spacial score (nSPS) is 19.1. The zero-order chi connectivity index (χ0) is 26.7. The fourth-order valence-corrected chi connectivity index (χ4v) is 7.48. The molecule has 38 heavy (non-hydrogen) atoms. The summed E-state index contributed by atoms with van der Waals surface area (Å²) < 4.78 is 45.6. The molecule has 2 aromatic carbocycles. The predicted octanol–water partition coefficient (Wildman–Crippen LogP) is 4.32.